The smallest absolute Gasteiger partial charge is 0.405 e. The summed E-state index contributed by atoms with van der Waals surface area (Å²) in [6, 6.07) is 14.9. The number of aromatic hydroxyl groups is 1. The van der Waals surface area contributed by atoms with Crippen molar-refractivity contribution >= 4 is 17.0 Å². The number of ether oxygens (including phenoxy) is 1. The lowest BCUT2D eigenvalue weighted by Gasteiger charge is -2.19. The van der Waals surface area contributed by atoms with Crippen molar-refractivity contribution in [2.45, 2.75) is 57.1 Å². The van der Waals surface area contributed by atoms with E-state index in [1.54, 1.807) is 36.4 Å². The average molecular weight is 624 g/mol. The molecule has 0 aliphatic rings. The Morgan fingerprint density at radius 1 is 0.867 bits per heavy atom. The molecule has 11 heteroatoms. The number of nitrogens with one attached hydrogen (secondary N) is 3. The van der Waals surface area contributed by atoms with Crippen molar-refractivity contribution in [3.05, 3.63) is 105 Å². The standard InChI is InChI=1S/C34H39F2N3O6/c35-24-17-23(18-25(36)20-24)32(39-34(43)44)22-9-8-10-26(19-22)45-16-7-5-3-1-2-4-6-15-37-21-30(41)27-11-13-29(40)33-28(27)12-14-31(42)38-33/h8-14,17-20,30,32,37,39-41H,1-7,15-16,21H2,(H,38,42)(H,43,44)/t30-,32?/m1/s1. The molecule has 0 radical (unpaired) electrons. The van der Waals surface area contributed by atoms with Gasteiger partial charge < -0.3 is 35.7 Å². The van der Waals surface area contributed by atoms with Crippen molar-refractivity contribution < 1.29 is 33.6 Å². The van der Waals surface area contributed by atoms with Gasteiger partial charge in [-0.1, -0.05) is 50.3 Å². The molecule has 2 atom stereocenters. The second-order valence-electron chi connectivity index (χ2n) is 11.0. The van der Waals surface area contributed by atoms with Gasteiger partial charge in [-0.15, -0.1) is 0 Å². The number of aliphatic hydroxyl groups excluding tert-OH is 1. The lowest BCUT2D eigenvalue weighted by atomic mass is 9.98. The Morgan fingerprint density at radius 3 is 2.31 bits per heavy atom. The highest BCUT2D eigenvalue weighted by Crippen LogP contribution is 2.29. The number of hydrogen-bond donors (Lipinski definition) is 6. The van der Waals surface area contributed by atoms with Gasteiger partial charge in [-0.3, -0.25) is 4.79 Å². The Labute approximate surface area is 259 Å². The Bertz CT molecular complexity index is 1610. The molecule has 0 fully saturated rings. The number of hydrogen-bond acceptors (Lipinski definition) is 6. The van der Waals surface area contributed by atoms with Crippen molar-refractivity contribution in [1.29, 1.82) is 0 Å². The molecule has 0 bridgehead atoms. The number of amides is 1. The normalized spacial score (nSPS) is 12.6. The monoisotopic (exact) mass is 623 g/mol. The molecule has 1 heterocycles. The van der Waals surface area contributed by atoms with Gasteiger partial charge in [0, 0.05) is 24.1 Å². The summed E-state index contributed by atoms with van der Waals surface area (Å²) in [5.74, 6) is -1.06. The van der Waals surface area contributed by atoms with Crippen molar-refractivity contribution in [2.24, 2.45) is 0 Å². The number of phenols is 1. The predicted molar refractivity (Wildman–Crippen MR) is 168 cm³/mol. The van der Waals surface area contributed by atoms with Crippen LogP contribution in [0.5, 0.6) is 11.5 Å². The lowest BCUT2D eigenvalue weighted by molar-refractivity contribution is 0.176. The van der Waals surface area contributed by atoms with Crippen LogP contribution in [0.2, 0.25) is 0 Å². The number of pyridine rings is 1. The zero-order chi connectivity index (χ0) is 32.2. The van der Waals surface area contributed by atoms with E-state index in [-0.39, 0.29) is 16.9 Å². The number of rotatable bonds is 17. The first-order chi connectivity index (χ1) is 21.7. The molecule has 4 rings (SSSR count). The van der Waals surface area contributed by atoms with Crippen molar-refractivity contribution in [2.75, 3.05) is 19.7 Å². The van der Waals surface area contributed by atoms with E-state index in [9.17, 15) is 33.7 Å². The molecule has 3 aromatic carbocycles. The number of H-pyrrole nitrogens is 1. The first-order valence-corrected chi connectivity index (χ1v) is 15.1. The van der Waals surface area contributed by atoms with Crippen LogP contribution in [0.4, 0.5) is 13.6 Å². The summed E-state index contributed by atoms with van der Waals surface area (Å²) in [4.78, 5) is 25.6. The summed E-state index contributed by atoms with van der Waals surface area (Å²) in [5, 5.41) is 36.1. The Morgan fingerprint density at radius 2 is 1.58 bits per heavy atom. The van der Waals surface area contributed by atoms with Gasteiger partial charge in [-0.25, -0.2) is 13.6 Å². The van der Waals surface area contributed by atoms with Gasteiger partial charge in [-0.2, -0.15) is 0 Å². The molecule has 1 unspecified atom stereocenters. The highest BCUT2D eigenvalue weighted by molar-refractivity contribution is 5.87. The topological polar surface area (TPSA) is 144 Å². The van der Waals surface area contributed by atoms with Crippen LogP contribution < -0.4 is 20.9 Å². The van der Waals surface area contributed by atoms with Crippen LogP contribution in [-0.4, -0.2) is 46.1 Å². The third kappa shape index (κ3) is 10.0. The summed E-state index contributed by atoms with van der Waals surface area (Å²) in [7, 11) is 0. The zero-order valence-electron chi connectivity index (χ0n) is 24.9. The van der Waals surface area contributed by atoms with Crippen molar-refractivity contribution in [3.8, 4) is 11.5 Å². The third-order valence-electron chi connectivity index (χ3n) is 7.55. The van der Waals surface area contributed by atoms with Crippen LogP contribution in [-0.2, 0) is 0 Å². The van der Waals surface area contributed by atoms with Crippen LogP contribution in [0.15, 0.2) is 71.5 Å². The minimum absolute atomic E-state index is 0.0340. The fourth-order valence-electron chi connectivity index (χ4n) is 5.33. The van der Waals surface area contributed by atoms with E-state index in [2.05, 4.69) is 15.6 Å². The highest BCUT2D eigenvalue weighted by atomic mass is 19.1. The van der Waals surface area contributed by atoms with E-state index in [1.807, 2.05) is 0 Å². The number of aromatic amines is 1. The number of aliphatic hydroxyl groups is 1. The van der Waals surface area contributed by atoms with Gasteiger partial charge in [-0.05, 0) is 72.5 Å². The predicted octanol–water partition coefficient (Wildman–Crippen LogP) is 6.30. The van der Waals surface area contributed by atoms with Gasteiger partial charge >= 0.3 is 6.09 Å². The number of unbranched alkanes of at least 4 members (excludes halogenated alkanes) is 6. The Kier molecular flexibility index (Phi) is 12.3. The largest absolute Gasteiger partial charge is 0.506 e. The second kappa shape index (κ2) is 16.6. The SMILES string of the molecule is O=C(O)NC(c1cc(F)cc(F)c1)c1cccc(OCCCCCCCCCNC[C@@H](O)c2ccc(O)c3[nH]c(=O)ccc23)c1. The molecule has 0 saturated carbocycles. The molecule has 9 nitrogen and oxygen atoms in total. The van der Waals surface area contributed by atoms with Gasteiger partial charge in [0.2, 0.25) is 5.56 Å². The quantitative estimate of drug-likeness (QED) is 0.0758. The van der Waals surface area contributed by atoms with E-state index in [0.29, 0.717) is 40.9 Å². The number of aromatic nitrogens is 1. The van der Waals surface area contributed by atoms with Gasteiger partial charge in [0.1, 0.15) is 23.1 Å². The summed E-state index contributed by atoms with van der Waals surface area (Å²) < 4.78 is 33.4. The molecule has 0 aliphatic carbocycles. The van der Waals surface area contributed by atoms with Crippen LogP contribution in [0.1, 0.15) is 73.8 Å². The average Bonchev–Trinajstić information content (AvgIpc) is 3.00. The maximum atomic E-state index is 13.8. The molecular formula is C34H39F2N3O6. The van der Waals surface area contributed by atoms with Crippen LogP contribution in [0.25, 0.3) is 10.9 Å². The summed E-state index contributed by atoms with van der Waals surface area (Å²) in [5.41, 5.74) is 1.31. The third-order valence-corrected chi connectivity index (χ3v) is 7.55. The molecule has 1 aromatic heterocycles. The second-order valence-corrected chi connectivity index (χ2v) is 11.0. The highest BCUT2D eigenvalue weighted by Gasteiger charge is 2.19. The van der Waals surface area contributed by atoms with E-state index in [1.165, 1.54) is 12.1 Å². The molecule has 0 aliphatic heterocycles. The molecule has 0 spiro atoms. The number of phenolic OH excluding ortho intramolecular Hbond substituents is 1. The molecule has 4 aromatic rings. The lowest BCUT2D eigenvalue weighted by Crippen LogP contribution is -2.27. The van der Waals surface area contributed by atoms with Gasteiger partial charge in [0.25, 0.3) is 0 Å². The molecule has 1 amide bonds. The van der Waals surface area contributed by atoms with Crippen LogP contribution in [0, 0.1) is 11.6 Å². The maximum absolute atomic E-state index is 13.8. The number of halogens is 2. The fourth-order valence-corrected chi connectivity index (χ4v) is 5.33. The van der Waals surface area contributed by atoms with Crippen molar-refractivity contribution in [3.63, 3.8) is 0 Å². The van der Waals surface area contributed by atoms with Gasteiger partial charge in [0.05, 0.1) is 24.3 Å². The first kappa shape index (κ1) is 33.4. The van der Waals surface area contributed by atoms with E-state index in [4.69, 9.17) is 4.74 Å². The Hall–Kier alpha value is -4.48. The summed E-state index contributed by atoms with van der Waals surface area (Å²) >= 11 is 0. The van der Waals surface area contributed by atoms with Crippen LogP contribution >= 0.6 is 0 Å². The van der Waals surface area contributed by atoms with E-state index in [0.717, 1.165) is 69.7 Å². The minimum Gasteiger partial charge on any atom is -0.506 e. The van der Waals surface area contributed by atoms with Gasteiger partial charge in [0.15, 0.2) is 0 Å². The van der Waals surface area contributed by atoms with E-state index >= 15 is 0 Å². The Balaban J connectivity index is 1.09. The molecule has 0 saturated heterocycles. The van der Waals surface area contributed by atoms with Crippen LogP contribution in [0.3, 0.4) is 0 Å². The fraction of sp³-hybridized carbons (Fsp3) is 0.353. The summed E-state index contributed by atoms with van der Waals surface area (Å²) in [6.45, 7) is 1.63. The number of carboxylic acid groups (broad SMARTS) is 1. The minimum atomic E-state index is -1.31. The maximum Gasteiger partial charge on any atom is 0.405 e. The van der Waals surface area contributed by atoms with E-state index < -0.39 is 29.9 Å². The number of benzene rings is 3. The summed E-state index contributed by atoms with van der Waals surface area (Å²) in [6.07, 6.45) is 5.09. The first-order valence-electron chi connectivity index (χ1n) is 15.1. The van der Waals surface area contributed by atoms with Crippen molar-refractivity contribution in [1.82, 2.24) is 15.6 Å². The molecule has 240 valence electrons. The zero-order valence-corrected chi connectivity index (χ0v) is 24.9. The molecule has 45 heavy (non-hydrogen) atoms. The number of fused-ring (bicyclic) bond motifs is 1. The molecule has 6 N–H and O–H groups in total. The molecular weight excluding hydrogens is 584 g/mol. The number of carbonyl (C=O) groups is 1.